The lowest BCUT2D eigenvalue weighted by atomic mass is 10.1. The summed E-state index contributed by atoms with van der Waals surface area (Å²) in [4.78, 5) is 12.2. The standard InChI is InChI=1S/C17H19N3O/c1-12-3-2-4-13(9-12)11-20-17(21)14-5-6-15-16(10-14)19-8-7-18-15/h2-6,9-10,18-19H,7-8,11H2,1H3,(H,20,21). The number of hydrogen-bond donors (Lipinski definition) is 3. The molecule has 0 bridgehead atoms. The van der Waals surface area contributed by atoms with E-state index < -0.39 is 0 Å². The lowest BCUT2D eigenvalue weighted by Crippen LogP contribution is -2.24. The van der Waals surface area contributed by atoms with Crippen LogP contribution in [0.4, 0.5) is 11.4 Å². The molecule has 0 saturated heterocycles. The molecule has 4 heteroatoms. The van der Waals surface area contributed by atoms with Gasteiger partial charge in [0.1, 0.15) is 0 Å². The molecule has 1 aliphatic rings. The number of benzene rings is 2. The molecule has 3 N–H and O–H groups in total. The van der Waals surface area contributed by atoms with Crippen molar-refractivity contribution in [1.82, 2.24) is 5.32 Å². The minimum Gasteiger partial charge on any atom is -0.382 e. The number of carbonyl (C=O) groups excluding carboxylic acids is 1. The second-order valence-electron chi connectivity index (χ2n) is 5.29. The van der Waals surface area contributed by atoms with Crippen LogP contribution in [0.3, 0.4) is 0 Å². The third kappa shape index (κ3) is 3.16. The summed E-state index contributed by atoms with van der Waals surface area (Å²) in [5.74, 6) is -0.0494. The van der Waals surface area contributed by atoms with Gasteiger partial charge in [0.15, 0.2) is 0 Å². The van der Waals surface area contributed by atoms with Crippen molar-refractivity contribution < 1.29 is 4.79 Å². The molecule has 3 rings (SSSR count). The molecule has 1 heterocycles. The minimum absolute atomic E-state index is 0.0494. The zero-order valence-electron chi connectivity index (χ0n) is 12.1. The fraction of sp³-hybridized carbons (Fsp3) is 0.235. The summed E-state index contributed by atoms with van der Waals surface area (Å²) in [6.07, 6.45) is 0. The van der Waals surface area contributed by atoms with Crippen LogP contribution >= 0.6 is 0 Å². The molecule has 21 heavy (non-hydrogen) atoms. The fourth-order valence-electron chi connectivity index (χ4n) is 2.49. The van der Waals surface area contributed by atoms with Gasteiger partial charge in [-0.1, -0.05) is 29.8 Å². The van der Waals surface area contributed by atoms with Crippen LogP contribution in [0.5, 0.6) is 0 Å². The van der Waals surface area contributed by atoms with Crippen LogP contribution in [-0.2, 0) is 6.54 Å². The summed E-state index contributed by atoms with van der Waals surface area (Å²) in [5, 5.41) is 9.56. The van der Waals surface area contributed by atoms with Gasteiger partial charge in [-0.3, -0.25) is 4.79 Å². The zero-order chi connectivity index (χ0) is 14.7. The summed E-state index contributed by atoms with van der Waals surface area (Å²) in [6.45, 7) is 4.38. The van der Waals surface area contributed by atoms with E-state index in [9.17, 15) is 4.79 Å². The maximum Gasteiger partial charge on any atom is 0.251 e. The number of fused-ring (bicyclic) bond motifs is 1. The highest BCUT2D eigenvalue weighted by Gasteiger charge is 2.11. The van der Waals surface area contributed by atoms with E-state index in [2.05, 4.69) is 22.0 Å². The normalized spacial score (nSPS) is 12.8. The van der Waals surface area contributed by atoms with Crippen LogP contribution in [0, 0.1) is 6.92 Å². The fourth-order valence-corrected chi connectivity index (χ4v) is 2.49. The summed E-state index contributed by atoms with van der Waals surface area (Å²) in [5.41, 5.74) is 5.03. The van der Waals surface area contributed by atoms with Crippen molar-refractivity contribution in [3.8, 4) is 0 Å². The molecule has 0 radical (unpaired) electrons. The van der Waals surface area contributed by atoms with Crippen molar-refractivity contribution >= 4 is 17.3 Å². The Kier molecular flexibility index (Phi) is 3.77. The summed E-state index contributed by atoms with van der Waals surface area (Å²) >= 11 is 0. The molecule has 0 saturated carbocycles. The van der Waals surface area contributed by atoms with Crippen molar-refractivity contribution in [2.24, 2.45) is 0 Å². The van der Waals surface area contributed by atoms with Crippen LogP contribution in [0.25, 0.3) is 0 Å². The van der Waals surface area contributed by atoms with Crippen molar-refractivity contribution in [2.75, 3.05) is 23.7 Å². The molecule has 1 amide bonds. The molecule has 2 aromatic carbocycles. The Hall–Kier alpha value is -2.49. The van der Waals surface area contributed by atoms with E-state index in [1.54, 1.807) is 0 Å². The van der Waals surface area contributed by atoms with E-state index in [4.69, 9.17) is 0 Å². The highest BCUT2D eigenvalue weighted by molar-refractivity contribution is 5.96. The van der Waals surface area contributed by atoms with Crippen LogP contribution in [0.2, 0.25) is 0 Å². The van der Waals surface area contributed by atoms with Crippen LogP contribution in [-0.4, -0.2) is 19.0 Å². The molecule has 0 atom stereocenters. The molecule has 0 aromatic heterocycles. The highest BCUT2D eigenvalue weighted by Crippen LogP contribution is 2.25. The summed E-state index contributed by atoms with van der Waals surface area (Å²) < 4.78 is 0. The van der Waals surface area contributed by atoms with Crippen LogP contribution < -0.4 is 16.0 Å². The molecule has 108 valence electrons. The highest BCUT2D eigenvalue weighted by atomic mass is 16.1. The first-order valence-corrected chi connectivity index (χ1v) is 7.18. The van der Waals surface area contributed by atoms with Crippen LogP contribution in [0.15, 0.2) is 42.5 Å². The van der Waals surface area contributed by atoms with Crippen molar-refractivity contribution in [2.45, 2.75) is 13.5 Å². The van der Waals surface area contributed by atoms with Gasteiger partial charge < -0.3 is 16.0 Å². The molecule has 4 nitrogen and oxygen atoms in total. The van der Waals surface area contributed by atoms with E-state index in [0.29, 0.717) is 12.1 Å². The van der Waals surface area contributed by atoms with Crippen molar-refractivity contribution in [3.63, 3.8) is 0 Å². The van der Waals surface area contributed by atoms with Gasteiger partial charge in [0, 0.05) is 25.2 Å². The van der Waals surface area contributed by atoms with E-state index in [-0.39, 0.29) is 5.91 Å². The molecular weight excluding hydrogens is 262 g/mol. The average Bonchev–Trinajstić information content (AvgIpc) is 2.52. The Morgan fingerprint density at radius 2 is 1.90 bits per heavy atom. The minimum atomic E-state index is -0.0494. The van der Waals surface area contributed by atoms with Gasteiger partial charge in [-0.05, 0) is 30.7 Å². The second-order valence-corrected chi connectivity index (χ2v) is 5.29. The Bertz CT molecular complexity index is 667. The summed E-state index contributed by atoms with van der Waals surface area (Å²) in [6, 6.07) is 13.9. The van der Waals surface area contributed by atoms with Gasteiger partial charge in [-0.2, -0.15) is 0 Å². The number of rotatable bonds is 3. The molecule has 0 aliphatic carbocycles. The Morgan fingerprint density at radius 1 is 1.10 bits per heavy atom. The molecule has 0 unspecified atom stereocenters. The van der Waals surface area contributed by atoms with Gasteiger partial charge in [-0.25, -0.2) is 0 Å². The number of carbonyl (C=O) groups is 1. The first kappa shape index (κ1) is 13.5. The first-order chi connectivity index (χ1) is 10.2. The predicted molar refractivity (Wildman–Crippen MR) is 85.8 cm³/mol. The second kappa shape index (κ2) is 5.87. The maximum absolute atomic E-state index is 12.2. The molecule has 0 spiro atoms. The third-order valence-corrected chi connectivity index (χ3v) is 3.57. The van der Waals surface area contributed by atoms with Gasteiger partial charge >= 0.3 is 0 Å². The summed E-state index contributed by atoms with van der Waals surface area (Å²) in [7, 11) is 0. The van der Waals surface area contributed by atoms with E-state index in [1.807, 2.05) is 43.3 Å². The van der Waals surface area contributed by atoms with Crippen molar-refractivity contribution in [1.29, 1.82) is 0 Å². The molecule has 2 aromatic rings. The Labute approximate surface area is 124 Å². The van der Waals surface area contributed by atoms with Crippen LogP contribution in [0.1, 0.15) is 21.5 Å². The Balaban J connectivity index is 1.68. The molecule has 0 fully saturated rings. The van der Waals surface area contributed by atoms with E-state index in [1.165, 1.54) is 5.56 Å². The molecular formula is C17H19N3O. The number of hydrogen-bond acceptors (Lipinski definition) is 3. The number of amides is 1. The average molecular weight is 281 g/mol. The predicted octanol–water partition coefficient (Wildman–Crippen LogP) is 2.76. The van der Waals surface area contributed by atoms with E-state index >= 15 is 0 Å². The monoisotopic (exact) mass is 281 g/mol. The van der Waals surface area contributed by atoms with Crippen molar-refractivity contribution in [3.05, 3.63) is 59.2 Å². The first-order valence-electron chi connectivity index (χ1n) is 7.18. The quantitative estimate of drug-likeness (QED) is 0.811. The Morgan fingerprint density at radius 3 is 2.71 bits per heavy atom. The molecule has 1 aliphatic heterocycles. The SMILES string of the molecule is Cc1cccc(CNC(=O)c2ccc3c(c2)NCCN3)c1. The largest absolute Gasteiger partial charge is 0.382 e. The smallest absolute Gasteiger partial charge is 0.251 e. The van der Waals surface area contributed by atoms with Gasteiger partial charge in [0.05, 0.1) is 11.4 Å². The number of aryl methyl sites for hydroxylation is 1. The number of anilines is 2. The number of nitrogens with one attached hydrogen (secondary N) is 3. The van der Waals surface area contributed by atoms with Gasteiger partial charge in [0.25, 0.3) is 5.91 Å². The zero-order valence-corrected chi connectivity index (χ0v) is 12.1. The lowest BCUT2D eigenvalue weighted by Gasteiger charge is -2.20. The maximum atomic E-state index is 12.2. The van der Waals surface area contributed by atoms with E-state index in [0.717, 1.165) is 30.0 Å². The third-order valence-electron chi connectivity index (χ3n) is 3.57. The topological polar surface area (TPSA) is 53.2 Å². The van der Waals surface area contributed by atoms with Gasteiger partial charge in [-0.15, -0.1) is 0 Å². The lowest BCUT2D eigenvalue weighted by molar-refractivity contribution is 0.0951. The van der Waals surface area contributed by atoms with Gasteiger partial charge in [0.2, 0.25) is 0 Å².